The molecule has 0 saturated carbocycles. The molecule has 0 saturated heterocycles. The lowest BCUT2D eigenvalue weighted by atomic mass is 10.0. The Morgan fingerprint density at radius 1 is 1.00 bits per heavy atom. The van der Waals surface area contributed by atoms with Crippen LogP contribution in [0.15, 0.2) is 53.3 Å². The predicted molar refractivity (Wildman–Crippen MR) is 83.6 cm³/mol. The minimum atomic E-state index is -0.0746. The van der Waals surface area contributed by atoms with Gasteiger partial charge in [0.1, 0.15) is 0 Å². The molecule has 0 spiro atoms. The van der Waals surface area contributed by atoms with E-state index in [2.05, 4.69) is 39.1 Å². The van der Waals surface area contributed by atoms with Crippen LogP contribution in [0.2, 0.25) is 0 Å². The monoisotopic (exact) mass is 277 g/mol. The van der Waals surface area contributed by atoms with Crippen LogP contribution in [0.1, 0.15) is 11.1 Å². The molecule has 4 nitrogen and oxygen atoms in total. The van der Waals surface area contributed by atoms with Gasteiger partial charge in [0.25, 0.3) is 5.56 Å². The Balaban J connectivity index is 1.76. The van der Waals surface area contributed by atoms with Crippen molar-refractivity contribution >= 4 is 16.9 Å². The Hall–Kier alpha value is -2.62. The maximum atomic E-state index is 12.2. The van der Waals surface area contributed by atoms with Crippen LogP contribution in [-0.4, -0.2) is 16.5 Å². The van der Waals surface area contributed by atoms with Gasteiger partial charge in [-0.25, -0.2) is 4.98 Å². The summed E-state index contributed by atoms with van der Waals surface area (Å²) >= 11 is 0. The number of rotatable bonds is 1. The Bertz CT molecular complexity index is 869. The zero-order chi connectivity index (χ0) is 14.2. The molecule has 3 aromatic rings. The van der Waals surface area contributed by atoms with Crippen molar-refractivity contribution < 1.29 is 0 Å². The van der Waals surface area contributed by atoms with Crippen LogP contribution in [0, 0.1) is 0 Å². The average molecular weight is 277 g/mol. The number of nitrogens with one attached hydrogen (secondary N) is 1. The fourth-order valence-corrected chi connectivity index (χ4v) is 2.90. The second-order valence-corrected chi connectivity index (χ2v) is 5.35. The van der Waals surface area contributed by atoms with Gasteiger partial charge in [0.15, 0.2) is 0 Å². The normalized spacial score (nSPS) is 14.2. The highest BCUT2D eigenvalue weighted by molar-refractivity contribution is 5.78. The molecule has 0 fully saturated rings. The minimum Gasteiger partial charge on any atom is -0.338 e. The summed E-state index contributed by atoms with van der Waals surface area (Å²) in [6, 6.07) is 15.9. The first-order valence-corrected chi connectivity index (χ1v) is 7.12. The van der Waals surface area contributed by atoms with Crippen molar-refractivity contribution in [1.82, 2.24) is 9.97 Å². The van der Waals surface area contributed by atoms with Crippen LogP contribution in [0.4, 0.5) is 5.95 Å². The fraction of sp³-hybridized carbons (Fsp3) is 0.176. The molecule has 104 valence electrons. The van der Waals surface area contributed by atoms with E-state index in [-0.39, 0.29) is 5.56 Å². The van der Waals surface area contributed by atoms with Gasteiger partial charge in [0.05, 0.1) is 10.9 Å². The largest absolute Gasteiger partial charge is 0.338 e. The summed E-state index contributed by atoms with van der Waals surface area (Å²) in [5.41, 5.74) is 3.36. The highest BCUT2D eigenvalue weighted by Crippen LogP contribution is 2.22. The van der Waals surface area contributed by atoms with Crippen LogP contribution in [0.5, 0.6) is 0 Å². The smallest absolute Gasteiger partial charge is 0.260 e. The van der Waals surface area contributed by atoms with E-state index in [1.54, 1.807) is 6.07 Å². The van der Waals surface area contributed by atoms with E-state index in [1.165, 1.54) is 11.1 Å². The maximum Gasteiger partial charge on any atom is 0.260 e. The van der Waals surface area contributed by atoms with E-state index in [0.717, 1.165) is 25.0 Å². The number of anilines is 1. The van der Waals surface area contributed by atoms with E-state index < -0.39 is 0 Å². The Morgan fingerprint density at radius 2 is 1.76 bits per heavy atom. The van der Waals surface area contributed by atoms with Crippen LogP contribution in [0.3, 0.4) is 0 Å². The fourth-order valence-electron chi connectivity index (χ4n) is 2.90. The van der Waals surface area contributed by atoms with Crippen LogP contribution < -0.4 is 10.5 Å². The van der Waals surface area contributed by atoms with Crippen molar-refractivity contribution in [1.29, 1.82) is 0 Å². The molecule has 1 aliphatic heterocycles. The Kier molecular flexibility index (Phi) is 2.74. The standard InChI is InChI=1S/C17H15N3O/c21-16-14-7-3-4-8-15(14)18-17(19-16)20-10-9-12-5-1-2-6-13(12)11-20/h1-8H,9-11H2,(H,18,19,21). The van der Waals surface area contributed by atoms with E-state index >= 15 is 0 Å². The third kappa shape index (κ3) is 2.09. The van der Waals surface area contributed by atoms with E-state index in [9.17, 15) is 4.79 Å². The first-order chi connectivity index (χ1) is 10.3. The van der Waals surface area contributed by atoms with Crippen LogP contribution in [0.25, 0.3) is 10.9 Å². The number of hydrogen-bond acceptors (Lipinski definition) is 3. The number of aromatic nitrogens is 2. The topological polar surface area (TPSA) is 49.0 Å². The molecular weight excluding hydrogens is 262 g/mol. The van der Waals surface area contributed by atoms with Crippen molar-refractivity contribution in [2.45, 2.75) is 13.0 Å². The molecule has 0 amide bonds. The lowest BCUT2D eigenvalue weighted by Gasteiger charge is -2.29. The summed E-state index contributed by atoms with van der Waals surface area (Å²) in [6.45, 7) is 1.66. The lowest BCUT2D eigenvalue weighted by Crippen LogP contribution is -2.33. The number of benzene rings is 2. The Labute approximate surface area is 122 Å². The third-order valence-electron chi connectivity index (χ3n) is 4.03. The number of para-hydroxylation sites is 1. The third-order valence-corrected chi connectivity index (χ3v) is 4.03. The molecule has 4 rings (SSSR count). The van der Waals surface area contributed by atoms with Crippen LogP contribution >= 0.6 is 0 Å². The first kappa shape index (κ1) is 12.1. The highest BCUT2D eigenvalue weighted by Gasteiger charge is 2.18. The molecule has 1 N–H and O–H groups in total. The summed E-state index contributed by atoms with van der Waals surface area (Å²) in [7, 11) is 0. The minimum absolute atomic E-state index is 0.0746. The zero-order valence-corrected chi connectivity index (χ0v) is 11.5. The molecule has 0 unspecified atom stereocenters. The predicted octanol–water partition coefficient (Wildman–Crippen LogP) is 2.49. The van der Waals surface area contributed by atoms with Gasteiger partial charge < -0.3 is 4.90 Å². The van der Waals surface area contributed by atoms with Gasteiger partial charge in [-0.1, -0.05) is 36.4 Å². The van der Waals surface area contributed by atoms with Gasteiger partial charge in [0, 0.05) is 13.1 Å². The van der Waals surface area contributed by atoms with Gasteiger partial charge in [0.2, 0.25) is 5.95 Å². The molecule has 2 heterocycles. The SMILES string of the molecule is O=c1[nH]c(N2CCc3ccccc3C2)nc2ccccc12. The summed E-state index contributed by atoms with van der Waals surface area (Å²) in [4.78, 5) is 21.8. The molecule has 1 aromatic heterocycles. The van der Waals surface area contributed by atoms with Gasteiger partial charge in [-0.05, 0) is 29.7 Å². The summed E-state index contributed by atoms with van der Waals surface area (Å²) in [5.74, 6) is 0.660. The van der Waals surface area contributed by atoms with Gasteiger partial charge >= 0.3 is 0 Å². The maximum absolute atomic E-state index is 12.2. The molecule has 0 aliphatic carbocycles. The summed E-state index contributed by atoms with van der Waals surface area (Å²) in [5, 5.41) is 0.638. The average Bonchev–Trinajstić information content (AvgIpc) is 2.54. The number of H-pyrrole nitrogens is 1. The van der Waals surface area contributed by atoms with Crippen molar-refractivity contribution in [3.05, 3.63) is 70.0 Å². The summed E-state index contributed by atoms with van der Waals surface area (Å²) < 4.78 is 0. The number of nitrogens with zero attached hydrogens (tertiary/aromatic N) is 2. The van der Waals surface area contributed by atoms with Crippen molar-refractivity contribution in [3.8, 4) is 0 Å². The van der Waals surface area contributed by atoms with Gasteiger partial charge in [-0.3, -0.25) is 9.78 Å². The quantitative estimate of drug-likeness (QED) is 0.743. The first-order valence-electron chi connectivity index (χ1n) is 7.12. The summed E-state index contributed by atoms with van der Waals surface area (Å²) in [6.07, 6.45) is 0.979. The molecule has 0 bridgehead atoms. The van der Waals surface area contributed by atoms with E-state index in [1.807, 2.05) is 18.2 Å². The molecule has 21 heavy (non-hydrogen) atoms. The van der Waals surface area contributed by atoms with Crippen molar-refractivity contribution in [3.63, 3.8) is 0 Å². The molecule has 2 aromatic carbocycles. The zero-order valence-electron chi connectivity index (χ0n) is 11.5. The second kappa shape index (κ2) is 4.74. The van der Waals surface area contributed by atoms with Crippen molar-refractivity contribution in [2.24, 2.45) is 0 Å². The molecule has 0 radical (unpaired) electrons. The molecule has 4 heteroatoms. The van der Waals surface area contributed by atoms with E-state index in [0.29, 0.717) is 11.3 Å². The van der Waals surface area contributed by atoms with Crippen LogP contribution in [-0.2, 0) is 13.0 Å². The second-order valence-electron chi connectivity index (χ2n) is 5.35. The molecule has 0 atom stereocenters. The van der Waals surface area contributed by atoms with Gasteiger partial charge in [-0.15, -0.1) is 0 Å². The number of hydrogen-bond donors (Lipinski definition) is 1. The number of aromatic amines is 1. The van der Waals surface area contributed by atoms with Crippen molar-refractivity contribution in [2.75, 3.05) is 11.4 Å². The molecular formula is C17H15N3O. The highest BCUT2D eigenvalue weighted by atomic mass is 16.1. The van der Waals surface area contributed by atoms with Gasteiger partial charge in [-0.2, -0.15) is 0 Å². The lowest BCUT2D eigenvalue weighted by molar-refractivity contribution is 0.708. The molecule has 1 aliphatic rings. The van der Waals surface area contributed by atoms with E-state index in [4.69, 9.17) is 0 Å². The number of fused-ring (bicyclic) bond motifs is 2. The Morgan fingerprint density at radius 3 is 2.67 bits per heavy atom.